The van der Waals surface area contributed by atoms with Gasteiger partial charge in [0.1, 0.15) is 0 Å². The smallest absolute Gasteiger partial charge is 0.313 e. The van der Waals surface area contributed by atoms with E-state index in [2.05, 4.69) is 0 Å². The lowest BCUT2D eigenvalue weighted by Crippen LogP contribution is -2.13. The molecule has 0 bridgehead atoms. The van der Waals surface area contributed by atoms with Gasteiger partial charge in [-0.05, 0) is 11.1 Å². The Morgan fingerprint density at radius 3 is 1.96 bits per heavy atom. The molecule has 0 aromatic heterocycles. The van der Waals surface area contributed by atoms with Crippen molar-refractivity contribution < 1.29 is 19.4 Å². The van der Waals surface area contributed by atoms with E-state index in [9.17, 15) is 9.59 Å². The van der Waals surface area contributed by atoms with Crippen molar-refractivity contribution in [3.8, 4) is 0 Å². The standard InChI is InChI=1S/C18H18O4S/c19-16(20)13-23-12-11-17(21)22-18(14-7-3-1-4-8-14)15-9-5-2-6-10-15/h1-10,18H,11-13H2,(H,19,20). The Labute approximate surface area is 139 Å². The van der Waals surface area contributed by atoms with Gasteiger partial charge in [-0.1, -0.05) is 60.7 Å². The van der Waals surface area contributed by atoms with Crippen LogP contribution >= 0.6 is 11.8 Å². The van der Waals surface area contributed by atoms with Crippen molar-refractivity contribution in [2.45, 2.75) is 12.5 Å². The summed E-state index contributed by atoms with van der Waals surface area (Å²) in [6.45, 7) is 0. The summed E-state index contributed by atoms with van der Waals surface area (Å²) in [7, 11) is 0. The van der Waals surface area contributed by atoms with Gasteiger partial charge in [0.2, 0.25) is 0 Å². The minimum Gasteiger partial charge on any atom is -0.481 e. The average molecular weight is 330 g/mol. The van der Waals surface area contributed by atoms with Crippen molar-refractivity contribution in [2.75, 3.05) is 11.5 Å². The maximum absolute atomic E-state index is 12.1. The molecule has 0 unspecified atom stereocenters. The van der Waals surface area contributed by atoms with Crippen LogP contribution in [0.5, 0.6) is 0 Å². The van der Waals surface area contributed by atoms with Crippen LogP contribution in [0.4, 0.5) is 0 Å². The van der Waals surface area contributed by atoms with E-state index in [4.69, 9.17) is 9.84 Å². The second-order valence-corrected chi connectivity index (χ2v) is 5.99. The molecule has 0 spiro atoms. The van der Waals surface area contributed by atoms with E-state index >= 15 is 0 Å². The number of carboxylic acid groups (broad SMARTS) is 1. The number of esters is 1. The lowest BCUT2D eigenvalue weighted by atomic mass is 10.0. The first kappa shape index (κ1) is 17.1. The Kier molecular flexibility index (Phi) is 6.69. The monoisotopic (exact) mass is 330 g/mol. The van der Waals surface area contributed by atoms with E-state index < -0.39 is 12.1 Å². The molecule has 2 aromatic carbocycles. The largest absolute Gasteiger partial charge is 0.481 e. The molecule has 0 amide bonds. The summed E-state index contributed by atoms with van der Waals surface area (Å²) in [5, 5.41) is 8.58. The molecule has 0 aliphatic rings. The minimum atomic E-state index is -0.880. The zero-order valence-electron chi connectivity index (χ0n) is 12.6. The molecule has 120 valence electrons. The highest BCUT2D eigenvalue weighted by atomic mass is 32.2. The van der Waals surface area contributed by atoms with E-state index in [0.717, 1.165) is 11.1 Å². The molecule has 2 aromatic rings. The second-order valence-electron chi connectivity index (χ2n) is 4.89. The number of hydrogen-bond acceptors (Lipinski definition) is 4. The number of aliphatic carboxylic acids is 1. The van der Waals surface area contributed by atoms with E-state index in [0.29, 0.717) is 5.75 Å². The maximum Gasteiger partial charge on any atom is 0.313 e. The number of benzene rings is 2. The Bertz CT molecular complexity index is 588. The van der Waals surface area contributed by atoms with Gasteiger partial charge in [-0.15, -0.1) is 11.8 Å². The number of hydrogen-bond donors (Lipinski definition) is 1. The van der Waals surface area contributed by atoms with E-state index in [1.165, 1.54) is 11.8 Å². The van der Waals surface area contributed by atoms with Crippen molar-refractivity contribution in [1.82, 2.24) is 0 Å². The Morgan fingerprint density at radius 2 is 1.48 bits per heavy atom. The average Bonchev–Trinajstić information content (AvgIpc) is 2.58. The molecule has 0 atom stereocenters. The van der Waals surface area contributed by atoms with Gasteiger partial charge in [0, 0.05) is 5.75 Å². The fourth-order valence-corrected chi connectivity index (χ4v) is 2.72. The van der Waals surface area contributed by atoms with Crippen LogP contribution in [0.15, 0.2) is 60.7 Å². The SMILES string of the molecule is O=C(O)CSCCC(=O)OC(c1ccccc1)c1ccccc1. The molecule has 5 heteroatoms. The third-order valence-electron chi connectivity index (χ3n) is 3.13. The summed E-state index contributed by atoms with van der Waals surface area (Å²) in [6.07, 6.45) is -0.261. The summed E-state index contributed by atoms with van der Waals surface area (Å²) in [5.74, 6) is -0.786. The van der Waals surface area contributed by atoms with E-state index in [1.807, 2.05) is 60.7 Å². The number of rotatable bonds is 8. The number of thioether (sulfide) groups is 1. The third-order valence-corrected chi connectivity index (χ3v) is 4.07. The minimum absolute atomic E-state index is 0.00587. The first-order valence-electron chi connectivity index (χ1n) is 7.25. The topological polar surface area (TPSA) is 63.6 Å². The van der Waals surface area contributed by atoms with E-state index in [1.54, 1.807) is 0 Å². The molecule has 1 N–H and O–H groups in total. The van der Waals surface area contributed by atoms with Crippen molar-refractivity contribution in [3.05, 3.63) is 71.8 Å². The molecule has 2 rings (SSSR count). The zero-order valence-corrected chi connectivity index (χ0v) is 13.4. The van der Waals surface area contributed by atoms with Crippen LogP contribution in [0.2, 0.25) is 0 Å². The quantitative estimate of drug-likeness (QED) is 0.592. The molecular formula is C18H18O4S. The van der Waals surface area contributed by atoms with Crippen LogP contribution in [-0.2, 0) is 14.3 Å². The Balaban J connectivity index is 2.01. The highest BCUT2D eigenvalue weighted by molar-refractivity contribution is 7.99. The molecule has 0 saturated carbocycles. The van der Waals surface area contributed by atoms with Crippen LogP contribution in [0.3, 0.4) is 0 Å². The second kappa shape index (κ2) is 9.00. The number of carbonyl (C=O) groups is 2. The third kappa shape index (κ3) is 5.79. The van der Waals surface area contributed by atoms with Crippen LogP contribution in [0, 0.1) is 0 Å². The highest BCUT2D eigenvalue weighted by Gasteiger charge is 2.18. The Hall–Kier alpha value is -2.27. The molecule has 0 fully saturated rings. The van der Waals surface area contributed by atoms with Gasteiger partial charge in [-0.2, -0.15) is 0 Å². The summed E-state index contributed by atoms with van der Waals surface area (Å²) in [6, 6.07) is 19.1. The molecule has 0 radical (unpaired) electrons. The van der Waals surface area contributed by atoms with Crippen molar-refractivity contribution in [3.63, 3.8) is 0 Å². The van der Waals surface area contributed by atoms with Crippen LogP contribution in [0.25, 0.3) is 0 Å². The van der Waals surface area contributed by atoms with Crippen LogP contribution in [-0.4, -0.2) is 28.6 Å². The molecular weight excluding hydrogens is 312 g/mol. The molecule has 23 heavy (non-hydrogen) atoms. The fourth-order valence-electron chi connectivity index (χ4n) is 2.09. The summed E-state index contributed by atoms with van der Waals surface area (Å²) < 4.78 is 5.63. The van der Waals surface area contributed by atoms with Gasteiger partial charge in [0.25, 0.3) is 0 Å². The lowest BCUT2D eigenvalue weighted by Gasteiger charge is -2.19. The van der Waals surface area contributed by atoms with Gasteiger partial charge in [-0.3, -0.25) is 9.59 Å². The lowest BCUT2D eigenvalue weighted by molar-refractivity contribution is -0.147. The van der Waals surface area contributed by atoms with Crippen molar-refractivity contribution in [1.29, 1.82) is 0 Å². The van der Waals surface area contributed by atoms with Crippen molar-refractivity contribution >= 4 is 23.7 Å². The predicted octanol–water partition coefficient (Wildman–Crippen LogP) is 3.53. The van der Waals surface area contributed by atoms with Gasteiger partial charge in [-0.25, -0.2) is 0 Å². The fraction of sp³-hybridized carbons (Fsp3) is 0.222. The van der Waals surface area contributed by atoms with Crippen LogP contribution < -0.4 is 0 Å². The summed E-state index contributed by atoms with van der Waals surface area (Å²) in [4.78, 5) is 22.5. The van der Waals surface area contributed by atoms with E-state index in [-0.39, 0.29) is 18.1 Å². The molecule has 0 aliphatic carbocycles. The highest BCUT2D eigenvalue weighted by Crippen LogP contribution is 2.26. The zero-order chi connectivity index (χ0) is 16.5. The maximum atomic E-state index is 12.1. The van der Waals surface area contributed by atoms with Gasteiger partial charge in [0.15, 0.2) is 6.10 Å². The van der Waals surface area contributed by atoms with Gasteiger partial charge >= 0.3 is 11.9 Å². The molecule has 0 aliphatic heterocycles. The molecule has 4 nitrogen and oxygen atoms in total. The summed E-state index contributed by atoms with van der Waals surface area (Å²) >= 11 is 1.21. The number of carboxylic acids is 1. The first-order chi connectivity index (χ1) is 11.2. The molecule has 0 heterocycles. The van der Waals surface area contributed by atoms with Gasteiger partial charge < -0.3 is 9.84 Å². The normalized spacial score (nSPS) is 10.5. The van der Waals surface area contributed by atoms with Crippen molar-refractivity contribution in [2.24, 2.45) is 0 Å². The summed E-state index contributed by atoms with van der Waals surface area (Å²) in [5.41, 5.74) is 1.82. The molecule has 0 saturated heterocycles. The first-order valence-corrected chi connectivity index (χ1v) is 8.41. The van der Waals surface area contributed by atoms with Crippen LogP contribution in [0.1, 0.15) is 23.7 Å². The predicted molar refractivity (Wildman–Crippen MR) is 90.4 cm³/mol. The van der Waals surface area contributed by atoms with Gasteiger partial charge in [0.05, 0.1) is 12.2 Å². The Morgan fingerprint density at radius 1 is 0.957 bits per heavy atom. The number of carbonyl (C=O) groups excluding carboxylic acids is 1. The number of ether oxygens (including phenoxy) is 1.